The van der Waals surface area contributed by atoms with Gasteiger partial charge >= 0.3 is 5.97 Å². The molecule has 41 heavy (non-hydrogen) atoms. The number of aliphatic hydroxyl groups excluding tert-OH is 1. The second-order valence-corrected chi connectivity index (χ2v) is 14.0. The number of hydrogen-bond acceptors (Lipinski definition) is 7. The summed E-state index contributed by atoms with van der Waals surface area (Å²) < 4.78 is 0. The normalized spacial score (nSPS) is 38.0. The van der Waals surface area contributed by atoms with Gasteiger partial charge in [0.25, 0.3) is 0 Å². The molecule has 1 aromatic rings. The minimum Gasteiger partial charge on any atom is -0.481 e. The number of piperidine rings is 2. The SMILES string of the molecule is C[C@@H]1N[C@H](CC[C@H]2CCCCCC[C@@](O)(CC(=O)O)CN[C@]3(C)C[C@H](Cc4cccc(c4)C2)N[C@H](N)C3)CC[C@H]1O. The number of fused-ring (bicyclic) bond motifs is 4. The Bertz CT molecular complexity index is 978. The molecule has 232 valence electrons. The number of hydrogen-bond donors (Lipinski definition) is 7. The Morgan fingerprint density at radius 2 is 1.78 bits per heavy atom. The van der Waals surface area contributed by atoms with Crippen LogP contribution >= 0.6 is 0 Å². The Hall–Kier alpha value is -1.55. The van der Waals surface area contributed by atoms with Crippen LogP contribution in [-0.4, -0.2) is 69.4 Å². The molecule has 0 radical (unpaired) electrons. The van der Waals surface area contributed by atoms with Gasteiger partial charge in [-0.3, -0.25) is 10.1 Å². The third kappa shape index (κ3) is 10.3. The molecule has 3 heterocycles. The highest BCUT2D eigenvalue weighted by molar-refractivity contribution is 5.68. The lowest BCUT2D eigenvalue weighted by Gasteiger charge is -2.44. The van der Waals surface area contributed by atoms with Crippen LogP contribution in [0.25, 0.3) is 0 Å². The first-order valence-corrected chi connectivity index (χ1v) is 16.2. The highest BCUT2D eigenvalue weighted by Crippen LogP contribution is 2.30. The standard InChI is InChI=1S/C33H56N4O4/c1-23-29(38)14-13-27(36-23)12-11-24-8-5-3-4-6-15-33(41,21-31(39)40)22-35-32(2)19-28(37-30(34)20-32)18-26-10-7-9-25(16-24)17-26/h7,9-10,17,23-24,27-30,35-38,41H,3-6,8,11-16,18-22,34H2,1-2H3,(H,39,40)/t23-,24+,27+,28-,29+,30-,32+,33+/m0/s1. The first-order chi connectivity index (χ1) is 19.5. The molecule has 4 bridgehead atoms. The van der Waals surface area contributed by atoms with Gasteiger partial charge in [-0.15, -0.1) is 0 Å². The average Bonchev–Trinajstić information content (AvgIpc) is 2.89. The van der Waals surface area contributed by atoms with Crippen LogP contribution in [0, 0.1) is 5.92 Å². The zero-order valence-electron chi connectivity index (χ0n) is 25.4. The third-order valence-electron chi connectivity index (χ3n) is 9.95. The van der Waals surface area contributed by atoms with Crippen molar-refractivity contribution in [3.63, 3.8) is 0 Å². The fraction of sp³-hybridized carbons (Fsp3) is 0.788. The van der Waals surface area contributed by atoms with Crippen molar-refractivity contribution in [1.82, 2.24) is 16.0 Å². The highest BCUT2D eigenvalue weighted by Gasteiger charge is 2.38. The summed E-state index contributed by atoms with van der Waals surface area (Å²) in [5, 5.41) is 41.8. The van der Waals surface area contributed by atoms with Crippen LogP contribution in [0.2, 0.25) is 0 Å². The Balaban J connectivity index is 1.48. The van der Waals surface area contributed by atoms with Crippen molar-refractivity contribution in [2.24, 2.45) is 11.7 Å². The number of benzene rings is 1. The number of aliphatic carboxylic acids is 1. The van der Waals surface area contributed by atoms with E-state index >= 15 is 0 Å². The molecule has 8 heteroatoms. The smallest absolute Gasteiger partial charge is 0.306 e. The molecule has 0 aliphatic carbocycles. The van der Waals surface area contributed by atoms with Crippen molar-refractivity contribution in [2.75, 3.05) is 6.54 Å². The molecule has 0 amide bonds. The summed E-state index contributed by atoms with van der Waals surface area (Å²) >= 11 is 0. The van der Waals surface area contributed by atoms with E-state index in [2.05, 4.69) is 54.1 Å². The van der Waals surface area contributed by atoms with Gasteiger partial charge in [0.15, 0.2) is 0 Å². The van der Waals surface area contributed by atoms with Gasteiger partial charge in [-0.05, 0) is 88.7 Å². The van der Waals surface area contributed by atoms with Gasteiger partial charge in [0.05, 0.1) is 24.3 Å². The molecule has 3 aliphatic heterocycles. The van der Waals surface area contributed by atoms with Crippen molar-refractivity contribution < 1.29 is 20.1 Å². The number of carboxylic acid groups (broad SMARTS) is 1. The van der Waals surface area contributed by atoms with Gasteiger partial charge < -0.3 is 31.7 Å². The summed E-state index contributed by atoms with van der Waals surface area (Å²) in [6.07, 6.45) is 12.9. The summed E-state index contributed by atoms with van der Waals surface area (Å²) in [5.74, 6) is -0.355. The first kappa shape index (κ1) is 32.4. The summed E-state index contributed by atoms with van der Waals surface area (Å²) in [5.41, 5.74) is 7.64. The Morgan fingerprint density at radius 1 is 1.02 bits per heavy atom. The maximum absolute atomic E-state index is 11.6. The molecule has 0 spiro atoms. The van der Waals surface area contributed by atoms with Crippen LogP contribution in [0.15, 0.2) is 24.3 Å². The van der Waals surface area contributed by atoms with E-state index in [9.17, 15) is 20.1 Å². The Labute approximate surface area is 247 Å². The van der Waals surface area contributed by atoms with Gasteiger partial charge in [-0.1, -0.05) is 56.4 Å². The number of aliphatic hydroxyl groups is 2. The molecule has 0 unspecified atom stereocenters. The van der Waals surface area contributed by atoms with E-state index in [-0.39, 0.29) is 42.9 Å². The van der Waals surface area contributed by atoms with Crippen molar-refractivity contribution in [3.8, 4) is 0 Å². The molecule has 8 nitrogen and oxygen atoms in total. The minimum atomic E-state index is -1.26. The predicted octanol–water partition coefficient (Wildman–Crippen LogP) is 3.61. The first-order valence-electron chi connectivity index (χ1n) is 16.2. The lowest BCUT2D eigenvalue weighted by atomic mass is 9.81. The fourth-order valence-corrected chi connectivity index (χ4v) is 7.65. The van der Waals surface area contributed by atoms with Crippen molar-refractivity contribution in [3.05, 3.63) is 35.4 Å². The van der Waals surface area contributed by atoms with Crippen molar-refractivity contribution in [1.29, 1.82) is 0 Å². The topological polar surface area (TPSA) is 140 Å². The predicted molar refractivity (Wildman–Crippen MR) is 164 cm³/mol. The molecule has 4 rings (SSSR count). The van der Waals surface area contributed by atoms with E-state index in [1.807, 2.05) is 0 Å². The molecular weight excluding hydrogens is 516 g/mol. The zero-order chi connectivity index (χ0) is 29.5. The molecule has 2 fully saturated rings. The van der Waals surface area contributed by atoms with E-state index in [0.717, 1.165) is 70.6 Å². The van der Waals surface area contributed by atoms with E-state index < -0.39 is 11.6 Å². The second kappa shape index (κ2) is 14.8. The fourth-order valence-electron chi connectivity index (χ4n) is 7.65. The lowest BCUT2D eigenvalue weighted by molar-refractivity contribution is -0.143. The van der Waals surface area contributed by atoms with Crippen LogP contribution in [-0.2, 0) is 17.6 Å². The van der Waals surface area contributed by atoms with Gasteiger partial charge in [0.1, 0.15) is 0 Å². The van der Waals surface area contributed by atoms with Crippen LogP contribution in [0.3, 0.4) is 0 Å². The van der Waals surface area contributed by atoms with Gasteiger partial charge in [-0.2, -0.15) is 0 Å². The molecule has 0 saturated carbocycles. The maximum Gasteiger partial charge on any atom is 0.306 e. The van der Waals surface area contributed by atoms with Crippen LogP contribution in [0.5, 0.6) is 0 Å². The Kier molecular flexibility index (Phi) is 11.6. The Morgan fingerprint density at radius 3 is 2.54 bits per heavy atom. The largest absolute Gasteiger partial charge is 0.481 e. The number of carbonyl (C=O) groups is 1. The van der Waals surface area contributed by atoms with Crippen molar-refractivity contribution >= 4 is 5.97 Å². The van der Waals surface area contributed by atoms with Gasteiger partial charge in [-0.25, -0.2) is 0 Å². The molecule has 2 saturated heterocycles. The quantitative estimate of drug-likeness (QED) is 0.284. The molecule has 3 aliphatic rings. The molecule has 8 N–H and O–H groups in total. The van der Waals surface area contributed by atoms with Crippen LogP contribution in [0.1, 0.15) is 108 Å². The van der Waals surface area contributed by atoms with Crippen LogP contribution in [0.4, 0.5) is 0 Å². The zero-order valence-corrected chi connectivity index (χ0v) is 25.4. The number of rotatable bonds is 5. The molecular formula is C33H56N4O4. The van der Waals surface area contributed by atoms with E-state index in [1.54, 1.807) is 0 Å². The van der Waals surface area contributed by atoms with Crippen LogP contribution < -0.4 is 21.7 Å². The minimum absolute atomic E-state index is 0.158. The maximum atomic E-state index is 11.6. The summed E-state index contributed by atoms with van der Waals surface area (Å²) in [7, 11) is 0. The number of nitrogens with one attached hydrogen (secondary N) is 3. The molecule has 1 aromatic carbocycles. The summed E-state index contributed by atoms with van der Waals surface area (Å²) in [6.45, 7) is 4.50. The number of β-amino-alcohol motifs (C(OH)–C–C–N with tert-alkyl or cyclic N) is 1. The lowest BCUT2D eigenvalue weighted by Crippen LogP contribution is -2.63. The number of nitrogens with two attached hydrogens (primary N) is 1. The highest BCUT2D eigenvalue weighted by atomic mass is 16.4. The van der Waals surface area contributed by atoms with Gasteiger partial charge in [0.2, 0.25) is 0 Å². The average molecular weight is 573 g/mol. The van der Waals surface area contributed by atoms with Crippen molar-refractivity contribution in [2.45, 2.75) is 152 Å². The summed E-state index contributed by atoms with van der Waals surface area (Å²) in [4.78, 5) is 11.6. The van der Waals surface area contributed by atoms with E-state index in [4.69, 9.17) is 5.73 Å². The third-order valence-corrected chi connectivity index (χ3v) is 9.95. The van der Waals surface area contributed by atoms with E-state index in [1.165, 1.54) is 24.0 Å². The number of carboxylic acids is 1. The van der Waals surface area contributed by atoms with E-state index in [0.29, 0.717) is 18.4 Å². The second-order valence-electron chi connectivity index (χ2n) is 14.0. The molecule has 0 aromatic heterocycles. The van der Waals surface area contributed by atoms with Gasteiger partial charge in [0, 0.05) is 30.2 Å². The molecule has 8 atom stereocenters. The monoisotopic (exact) mass is 572 g/mol. The summed E-state index contributed by atoms with van der Waals surface area (Å²) in [6, 6.07) is 9.90.